The lowest BCUT2D eigenvalue weighted by Crippen LogP contribution is -2.41. The summed E-state index contributed by atoms with van der Waals surface area (Å²) in [7, 11) is 1.85. The molecule has 1 unspecified atom stereocenters. The lowest BCUT2D eigenvalue weighted by Gasteiger charge is -2.25. The van der Waals surface area contributed by atoms with Crippen molar-refractivity contribution in [2.24, 2.45) is 10.4 Å². The molecular formula is C22H27N3O2. The molecule has 5 nitrogen and oxygen atoms in total. The van der Waals surface area contributed by atoms with Crippen LogP contribution in [-0.2, 0) is 11.3 Å². The Morgan fingerprint density at radius 1 is 1.15 bits per heavy atom. The van der Waals surface area contributed by atoms with Crippen LogP contribution in [0.5, 0.6) is 11.5 Å². The van der Waals surface area contributed by atoms with Crippen molar-refractivity contribution in [1.29, 1.82) is 0 Å². The number of benzene rings is 2. The van der Waals surface area contributed by atoms with Crippen LogP contribution in [0.3, 0.4) is 0 Å². The number of para-hydroxylation sites is 1. The smallest absolute Gasteiger partial charge is 0.193 e. The first-order chi connectivity index (χ1) is 13.3. The van der Waals surface area contributed by atoms with Gasteiger partial charge in [0.2, 0.25) is 0 Å². The van der Waals surface area contributed by atoms with Gasteiger partial charge >= 0.3 is 0 Å². The topological polar surface area (TPSA) is 46.1 Å². The van der Waals surface area contributed by atoms with Crippen LogP contribution in [0, 0.1) is 5.41 Å². The number of likely N-dealkylation sites (tertiary alicyclic amines) is 1. The van der Waals surface area contributed by atoms with Gasteiger partial charge < -0.3 is 19.7 Å². The molecule has 2 fully saturated rings. The van der Waals surface area contributed by atoms with Crippen LogP contribution in [0.2, 0.25) is 0 Å². The zero-order valence-electron chi connectivity index (χ0n) is 15.9. The highest BCUT2D eigenvalue weighted by molar-refractivity contribution is 5.80. The molecule has 27 heavy (non-hydrogen) atoms. The average Bonchev–Trinajstić information content (AvgIpc) is 3.34. The van der Waals surface area contributed by atoms with Crippen molar-refractivity contribution in [3.63, 3.8) is 0 Å². The second kappa shape index (κ2) is 8.01. The zero-order chi connectivity index (χ0) is 18.5. The van der Waals surface area contributed by atoms with Gasteiger partial charge in [-0.05, 0) is 42.7 Å². The third kappa shape index (κ3) is 4.25. The van der Waals surface area contributed by atoms with Crippen molar-refractivity contribution < 1.29 is 9.47 Å². The van der Waals surface area contributed by atoms with E-state index in [1.165, 1.54) is 18.4 Å². The van der Waals surface area contributed by atoms with Gasteiger partial charge in [-0.1, -0.05) is 30.3 Å². The number of nitrogens with one attached hydrogen (secondary N) is 1. The summed E-state index contributed by atoms with van der Waals surface area (Å²) in [5.41, 5.74) is 1.50. The minimum absolute atomic E-state index is 0.334. The summed E-state index contributed by atoms with van der Waals surface area (Å²) in [5.74, 6) is 2.66. The van der Waals surface area contributed by atoms with Crippen molar-refractivity contribution in [1.82, 2.24) is 10.2 Å². The van der Waals surface area contributed by atoms with Crippen LogP contribution >= 0.6 is 0 Å². The summed E-state index contributed by atoms with van der Waals surface area (Å²) in [6.45, 7) is 4.58. The van der Waals surface area contributed by atoms with Gasteiger partial charge in [-0.15, -0.1) is 0 Å². The quantitative estimate of drug-likeness (QED) is 0.663. The summed E-state index contributed by atoms with van der Waals surface area (Å²) in [4.78, 5) is 6.85. The molecule has 2 aromatic rings. The van der Waals surface area contributed by atoms with Crippen LogP contribution in [0.15, 0.2) is 59.6 Å². The molecular weight excluding hydrogens is 338 g/mol. The number of hydrogen-bond donors (Lipinski definition) is 1. The van der Waals surface area contributed by atoms with E-state index < -0.39 is 0 Å². The minimum Gasteiger partial charge on any atom is -0.457 e. The number of hydrogen-bond acceptors (Lipinski definition) is 3. The fourth-order valence-electron chi connectivity index (χ4n) is 3.94. The summed E-state index contributed by atoms with van der Waals surface area (Å²) in [5, 5.41) is 3.50. The van der Waals surface area contributed by atoms with E-state index in [-0.39, 0.29) is 0 Å². The van der Waals surface area contributed by atoms with Crippen LogP contribution < -0.4 is 10.1 Å². The Hall–Kier alpha value is -2.53. The van der Waals surface area contributed by atoms with Crippen LogP contribution in [0.1, 0.15) is 18.4 Å². The van der Waals surface area contributed by atoms with E-state index in [4.69, 9.17) is 9.47 Å². The summed E-state index contributed by atoms with van der Waals surface area (Å²) in [6.07, 6.45) is 2.35. The number of nitrogens with zero attached hydrogens (tertiary/aromatic N) is 2. The third-order valence-corrected chi connectivity index (χ3v) is 5.46. The molecule has 4 rings (SSSR count). The molecule has 1 atom stereocenters. The average molecular weight is 365 g/mol. The standard InChI is InChI=1S/C22H27N3O2/c1-23-21(25-12-10-22(16-25)11-13-26-17-22)24-15-18-6-5-9-20(14-18)27-19-7-3-2-4-8-19/h2-9,14H,10-13,15-17H2,1H3,(H,23,24). The number of rotatable bonds is 4. The molecule has 0 radical (unpaired) electrons. The highest BCUT2D eigenvalue weighted by Gasteiger charge is 2.42. The van der Waals surface area contributed by atoms with Crippen molar-refractivity contribution in [3.05, 3.63) is 60.2 Å². The number of ether oxygens (including phenoxy) is 2. The monoisotopic (exact) mass is 365 g/mol. The van der Waals surface area contributed by atoms with Gasteiger partial charge in [0.05, 0.1) is 6.61 Å². The molecule has 2 aliphatic heterocycles. The van der Waals surface area contributed by atoms with E-state index in [9.17, 15) is 0 Å². The van der Waals surface area contributed by atoms with E-state index in [2.05, 4.69) is 27.3 Å². The SMILES string of the molecule is CN=C(NCc1cccc(Oc2ccccc2)c1)N1CCC2(CCOC2)C1. The first-order valence-corrected chi connectivity index (χ1v) is 9.62. The molecule has 0 aliphatic carbocycles. The van der Waals surface area contributed by atoms with Crippen molar-refractivity contribution >= 4 is 5.96 Å². The van der Waals surface area contributed by atoms with Gasteiger partial charge in [0.15, 0.2) is 5.96 Å². The first-order valence-electron chi connectivity index (χ1n) is 9.62. The minimum atomic E-state index is 0.334. The van der Waals surface area contributed by atoms with Crippen molar-refractivity contribution in [3.8, 4) is 11.5 Å². The van der Waals surface area contributed by atoms with Gasteiger partial charge in [0, 0.05) is 38.7 Å². The van der Waals surface area contributed by atoms with E-state index in [1.807, 2.05) is 49.5 Å². The van der Waals surface area contributed by atoms with Crippen LogP contribution in [0.25, 0.3) is 0 Å². The maximum atomic E-state index is 5.93. The molecule has 1 N–H and O–H groups in total. The Morgan fingerprint density at radius 3 is 2.78 bits per heavy atom. The predicted octanol–water partition coefficient (Wildman–Crippen LogP) is 3.67. The van der Waals surface area contributed by atoms with Gasteiger partial charge in [-0.3, -0.25) is 4.99 Å². The second-order valence-corrected chi connectivity index (χ2v) is 7.44. The van der Waals surface area contributed by atoms with Gasteiger partial charge in [0.25, 0.3) is 0 Å². The maximum absolute atomic E-state index is 5.93. The maximum Gasteiger partial charge on any atom is 0.193 e. The fraction of sp³-hybridized carbons (Fsp3) is 0.409. The van der Waals surface area contributed by atoms with Crippen LogP contribution in [-0.4, -0.2) is 44.2 Å². The second-order valence-electron chi connectivity index (χ2n) is 7.44. The summed E-state index contributed by atoms with van der Waals surface area (Å²) >= 11 is 0. The first kappa shape index (κ1) is 17.9. The summed E-state index contributed by atoms with van der Waals surface area (Å²) < 4.78 is 11.6. The van der Waals surface area contributed by atoms with Gasteiger partial charge in [0.1, 0.15) is 11.5 Å². The number of aliphatic imine (C=N–C) groups is 1. The zero-order valence-corrected chi connectivity index (χ0v) is 15.9. The lowest BCUT2D eigenvalue weighted by molar-refractivity contribution is 0.156. The summed E-state index contributed by atoms with van der Waals surface area (Å²) in [6, 6.07) is 18.0. The van der Waals surface area contributed by atoms with Crippen LogP contribution in [0.4, 0.5) is 0 Å². The lowest BCUT2D eigenvalue weighted by atomic mass is 9.87. The molecule has 0 amide bonds. The largest absolute Gasteiger partial charge is 0.457 e. The van der Waals surface area contributed by atoms with Crippen molar-refractivity contribution in [2.45, 2.75) is 19.4 Å². The Balaban J connectivity index is 1.36. The highest BCUT2D eigenvalue weighted by Crippen LogP contribution is 2.38. The molecule has 0 aromatic heterocycles. The fourth-order valence-corrected chi connectivity index (χ4v) is 3.94. The molecule has 2 aromatic carbocycles. The Labute approximate surface area is 161 Å². The van der Waals surface area contributed by atoms with E-state index in [0.29, 0.717) is 5.41 Å². The molecule has 1 spiro atoms. The molecule has 142 valence electrons. The Bertz CT molecular complexity index is 785. The van der Waals surface area contributed by atoms with Gasteiger partial charge in [-0.25, -0.2) is 0 Å². The molecule has 0 saturated carbocycles. The van der Waals surface area contributed by atoms with E-state index >= 15 is 0 Å². The Kier molecular flexibility index (Phi) is 5.30. The Morgan fingerprint density at radius 2 is 2.00 bits per heavy atom. The molecule has 2 saturated heterocycles. The van der Waals surface area contributed by atoms with Gasteiger partial charge in [-0.2, -0.15) is 0 Å². The normalized spacial score (nSPS) is 22.4. The molecule has 2 aliphatic rings. The predicted molar refractivity (Wildman–Crippen MR) is 107 cm³/mol. The van der Waals surface area contributed by atoms with E-state index in [1.54, 1.807) is 0 Å². The molecule has 2 heterocycles. The number of guanidine groups is 1. The highest BCUT2D eigenvalue weighted by atomic mass is 16.5. The third-order valence-electron chi connectivity index (χ3n) is 5.46. The van der Waals surface area contributed by atoms with E-state index in [0.717, 1.165) is 50.3 Å². The molecule has 5 heteroatoms. The molecule has 0 bridgehead atoms. The van der Waals surface area contributed by atoms with Crippen molar-refractivity contribution in [2.75, 3.05) is 33.4 Å².